The minimum absolute atomic E-state index is 0.150. The maximum absolute atomic E-state index is 11.1. The quantitative estimate of drug-likeness (QED) is 0.848. The van der Waals surface area contributed by atoms with Gasteiger partial charge in [0.2, 0.25) is 0 Å². The van der Waals surface area contributed by atoms with Crippen LogP contribution in [-0.4, -0.2) is 11.1 Å². The lowest BCUT2D eigenvalue weighted by Crippen LogP contribution is -1.97. The lowest BCUT2D eigenvalue weighted by atomic mass is 9.99. The van der Waals surface area contributed by atoms with E-state index in [1.165, 1.54) is 6.07 Å². The average molecular weight is 295 g/mol. The summed E-state index contributed by atoms with van der Waals surface area (Å²) < 4.78 is 0. The summed E-state index contributed by atoms with van der Waals surface area (Å²) in [5, 5.41) is 10.0. The highest BCUT2D eigenvalue weighted by Crippen LogP contribution is 2.32. The van der Waals surface area contributed by atoms with Crippen molar-refractivity contribution in [3.8, 4) is 11.1 Å². The second-order valence-corrected chi connectivity index (χ2v) is 5.29. The smallest absolute Gasteiger partial charge is 0.335 e. The van der Waals surface area contributed by atoms with Crippen LogP contribution >= 0.6 is 23.2 Å². The molecular weight excluding hydrogens is 283 g/mol. The molecular formula is C15H12Cl2O2. The summed E-state index contributed by atoms with van der Waals surface area (Å²) in [7, 11) is 0. The van der Waals surface area contributed by atoms with Gasteiger partial charge in [-0.05, 0) is 60.9 Å². The monoisotopic (exact) mass is 294 g/mol. The molecule has 2 aromatic rings. The van der Waals surface area contributed by atoms with Gasteiger partial charge in [-0.3, -0.25) is 0 Å². The van der Waals surface area contributed by atoms with Gasteiger partial charge in [0, 0.05) is 15.6 Å². The Morgan fingerprint density at radius 1 is 1.00 bits per heavy atom. The number of hydrogen-bond acceptors (Lipinski definition) is 1. The number of carbonyl (C=O) groups is 1. The second-order valence-electron chi connectivity index (χ2n) is 4.45. The Balaban J connectivity index is 2.65. The van der Waals surface area contributed by atoms with E-state index in [9.17, 15) is 4.79 Å². The summed E-state index contributed by atoms with van der Waals surface area (Å²) in [5.41, 5.74) is 3.83. The number of hydrogen-bond donors (Lipinski definition) is 1. The van der Waals surface area contributed by atoms with Crippen LogP contribution in [-0.2, 0) is 0 Å². The molecule has 0 unspecified atom stereocenters. The van der Waals surface area contributed by atoms with Gasteiger partial charge >= 0.3 is 5.97 Å². The normalized spacial score (nSPS) is 10.5. The molecule has 0 aliphatic heterocycles. The highest BCUT2D eigenvalue weighted by molar-refractivity contribution is 6.34. The van der Waals surface area contributed by atoms with Crippen LogP contribution in [0.15, 0.2) is 30.3 Å². The van der Waals surface area contributed by atoms with Crippen molar-refractivity contribution in [3.63, 3.8) is 0 Å². The third kappa shape index (κ3) is 2.91. The molecule has 0 atom stereocenters. The van der Waals surface area contributed by atoms with Gasteiger partial charge in [0.15, 0.2) is 0 Å². The van der Waals surface area contributed by atoms with Crippen molar-refractivity contribution in [3.05, 3.63) is 57.1 Å². The van der Waals surface area contributed by atoms with Crippen LogP contribution in [0.4, 0.5) is 0 Å². The van der Waals surface area contributed by atoms with Crippen LogP contribution in [0.1, 0.15) is 21.5 Å². The van der Waals surface area contributed by atoms with Gasteiger partial charge in [-0.15, -0.1) is 0 Å². The van der Waals surface area contributed by atoms with Crippen molar-refractivity contribution in [1.29, 1.82) is 0 Å². The summed E-state index contributed by atoms with van der Waals surface area (Å²) in [6.07, 6.45) is 0. The van der Waals surface area contributed by atoms with Crippen molar-refractivity contribution >= 4 is 29.2 Å². The molecule has 0 saturated heterocycles. The molecule has 0 fully saturated rings. The number of aromatic carboxylic acids is 1. The maximum Gasteiger partial charge on any atom is 0.335 e. The molecule has 0 amide bonds. The Bertz CT molecular complexity index is 663. The van der Waals surface area contributed by atoms with Crippen LogP contribution in [0.25, 0.3) is 11.1 Å². The minimum Gasteiger partial charge on any atom is -0.478 e. The summed E-state index contributed by atoms with van der Waals surface area (Å²) in [6.45, 7) is 3.96. The first-order valence-corrected chi connectivity index (χ1v) is 6.45. The van der Waals surface area contributed by atoms with Crippen molar-refractivity contribution < 1.29 is 9.90 Å². The fourth-order valence-electron chi connectivity index (χ4n) is 1.87. The lowest BCUT2D eigenvalue weighted by Gasteiger charge is -2.10. The molecule has 2 aromatic carbocycles. The third-order valence-corrected chi connectivity index (χ3v) is 3.57. The van der Waals surface area contributed by atoms with E-state index >= 15 is 0 Å². The summed E-state index contributed by atoms with van der Waals surface area (Å²) >= 11 is 12.2. The number of benzene rings is 2. The maximum atomic E-state index is 11.1. The molecule has 0 heterocycles. The highest BCUT2D eigenvalue weighted by atomic mass is 35.5. The second kappa shape index (κ2) is 5.24. The van der Waals surface area contributed by atoms with Crippen LogP contribution in [0.2, 0.25) is 10.0 Å². The molecule has 0 aliphatic carbocycles. The Morgan fingerprint density at radius 2 is 1.63 bits per heavy atom. The zero-order chi connectivity index (χ0) is 14.2. The van der Waals surface area contributed by atoms with Gasteiger partial charge in [-0.25, -0.2) is 4.79 Å². The number of carboxylic acid groups (broad SMARTS) is 1. The highest BCUT2D eigenvalue weighted by Gasteiger charge is 2.11. The van der Waals surface area contributed by atoms with Gasteiger partial charge in [0.25, 0.3) is 0 Å². The molecule has 0 spiro atoms. The van der Waals surface area contributed by atoms with Gasteiger partial charge in [-0.2, -0.15) is 0 Å². The van der Waals surface area contributed by atoms with Gasteiger partial charge in [-0.1, -0.05) is 23.2 Å². The fourth-order valence-corrected chi connectivity index (χ4v) is 2.43. The molecule has 2 nitrogen and oxygen atoms in total. The predicted octanol–water partition coefficient (Wildman–Crippen LogP) is 4.98. The van der Waals surface area contributed by atoms with Crippen molar-refractivity contribution in [2.75, 3.05) is 0 Å². The van der Waals surface area contributed by atoms with Crippen LogP contribution in [0.5, 0.6) is 0 Å². The Morgan fingerprint density at radius 3 is 2.26 bits per heavy atom. The first-order valence-electron chi connectivity index (χ1n) is 5.69. The Hall–Kier alpha value is -1.51. The van der Waals surface area contributed by atoms with E-state index in [0.29, 0.717) is 15.6 Å². The predicted molar refractivity (Wildman–Crippen MR) is 78.3 cm³/mol. The standard InChI is InChI=1S/C15H12Cl2O2/c1-8-3-13(14(17)4-9(8)2)10-5-11(15(18)19)7-12(16)6-10/h3-7H,1-2H3,(H,18,19). The van der Waals surface area contributed by atoms with Crippen LogP contribution in [0.3, 0.4) is 0 Å². The summed E-state index contributed by atoms with van der Waals surface area (Å²) in [6, 6.07) is 8.51. The average Bonchev–Trinajstić information content (AvgIpc) is 2.33. The van der Waals surface area contributed by atoms with Crippen LogP contribution < -0.4 is 0 Å². The molecule has 0 aromatic heterocycles. The summed E-state index contributed by atoms with van der Waals surface area (Å²) in [4.78, 5) is 11.1. The SMILES string of the molecule is Cc1cc(Cl)c(-c2cc(Cl)cc(C(=O)O)c2)cc1C. The summed E-state index contributed by atoms with van der Waals surface area (Å²) in [5.74, 6) is -1.01. The molecule has 0 aliphatic rings. The van der Waals surface area contributed by atoms with Gasteiger partial charge in [0.1, 0.15) is 0 Å². The van der Waals surface area contributed by atoms with Gasteiger partial charge < -0.3 is 5.11 Å². The molecule has 0 radical (unpaired) electrons. The molecule has 98 valence electrons. The third-order valence-electron chi connectivity index (χ3n) is 3.04. The number of rotatable bonds is 2. The molecule has 0 bridgehead atoms. The van der Waals surface area contributed by atoms with E-state index in [-0.39, 0.29) is 5.56 Å². The van der Waals surface area contributed by atoms with Crippen molar-refractivity contribution in [1.82, 2.24) is 0 Å². The number of aryl methyl sites for hydroxylation is 2. The number of halogens is 2. The zero-order valence-corrected chi connectivity index (χ0v) is 12.0. The van der Waals surface area contributed by atoms with E-state index in [1.807, 2.05) is 26.0 Å². The molecule has 1 N–H and O–H groups in total. The van der Waals surface area contributed by atoms with E-state index in [1.54, 1.807) is 12.1 Å². The van der Waals surface area contributed by atoms with E-state index in [4.69, 9.17) is 28.3 Å². The van der Waals surface area contributed by atoms with Gasteiger partial charge in [0.05, 0.1) is 5.56 Å². The molecule has 4 heteroatoms. The Labute approximate surface area is 121 Å². The molecule has 0 saturated carbocycles. The largest absolute Gasteiger partial charge is 0.478 e. The topological polar surface area (TPSA) is 37.3 Å². The zero-order valence-electron chi connectivity index (χ0n) is 10.5. The van der Waals surface area contributed by atoms with Crippen molar-refractivity contribution in [2.45, 2.75) is 13.8 Å². The lowest BCUT2D eigenvalue weighted by molar-refractivity contribution is 0.0697. The fraction of sp³-hybridized carbons (Fsp3) is 0.133. The van der Waals surface area contributed by atoms with E-state index in [2.05, 4.69) is 0 Å². The number of carboxylic acids is 1. The molecule has 19 heavy (non-hydrogen) atoms. The van der Waals surface area contributed by atoms with E-state index < -0.39 is 5.97 Å². The minimum atomic E-state index is -1.01. The van der Waals surface area contributed by atoms with E-state index in [0.717, 1.165) is 16.7 Å². The Kier molecular flexibility index (Phi) is 3.83. The first-order chi connectivity index (χ1) is 8.88. The van der Waals surface area contributed by atoms with Crippen molar-refractivity contribution in [2.24, 2.45) is 0 Å². The molecule has 2 rings (SSSR count). The van der Waals surface area contributed by atoms with Crippen LogP contribution in [0, 0.1) is 13.8 Å². The first kappa shape index (κ1) is 13.9.